The quantitative estimate of drug-likeness (QED) is 0.783. The molecule has 0 saturated carbocycles. The second-order valence-electron chi connectivity index (χ2n) is 5.73. The first-order chi connectivity index (χ1) is 11.3. The molecule has 1 saturated heterocycles. The maximum Gasteiger partial charge on any atom is 0.305 e. The molecule has 3 rings (SSSR count). The standard InChI is InChI=1S/C17H22N4O2/c1-23-17(22)7-4-8-20-9-11-21(12-10-20)16-13-18-14-5-2-3-6-15(14)19-16/h2-3,5-6,13H,4,7-12H2,1H3. The number of carbonyl (C=O) groups excluding carboxylic acids is 1. The van der Waals surface area contributed by atoms with Crippen molar-refractivity contribution in [1.82, 2.24) is 14.9 Å². The third kappa shape index (κ3) is 3.96. The van der Waals surface area contributed by atoms with E-state index in [9.17, 15) is 4.79 Å². The average Bonchev–Trinajstić information content (AvgIpc) is 2.61. The third-order valence-corrected chi connectivity index (χ3v) is 4.22. The minimum absolute atomic E-state index is 0.130. The highest BCUT2D eigenvalue weighted by molar-refractivity contribution is 5.75. The van der Waals surface area contributed by atoms with E-state index in [0.29, 0.717) is 6.42 Å². The van der Waals surface area contributed by atoms with Crippen molar-refractivity contribution in [2.24, 2.45) is 0 Å². The van der Waals surface area contributed by atoms with Gasteiger partial charge in [-0.15, -0.1) is 0 Å². The molecule has 2 aromatic rings. The lowest BCUT2D eigenvalue weighted by atomic mass is 10.2. The summed E-state index contributed by atoms with van der Waals surface area (Å²) in [6.45, 7) is 4.77. The Kier molecular flexibility index (Phi) is 5.02. The molecule has 1 aromatic carbocycles. The van der Waals surface area contributed by atoms with Gasteiger partial charge >= 0.3 is 5.97 Å². The lowest BCUT2D eigenvalue weighted by Gasteiger charge is -2.35. The van der Waals surface area contributed by atoms with Crippen molar-refractivity contribution >= 4 is 22.8 Å². The molecule has 2 heterocycles. The van der Waals surface area contributed by atoms with Crippen molar-refractivity contribution in [3.63, 3.8) is 0 Å². The average molecular weight is 314 g/mol. The zero-order valence-electron chi connectivity index (χ0n) is 13.4. The SMILES string of the molecule is COC(=O)CCCN1CCN(c2cnc3ccccc3n2)CC1. The first kappa shape index (κ1) is 15.7. The van der Waals surface area contributed by atoms with Crippen LogP contribution in [0.1, 0.15) is 12.8 Å². The largest absolute Gasteiger partial charge is 0.469 e. The predicted octanol–water partition coefficient (Wildman–Crippen LogP) is 1.70. The van der Waals surface area contributed by atoms with Gasteiger partial charge in [0.1, 0.15) is 5.82 Å². The van der Waals surface area contributed by atoms with Crippen LogP contribution in [0.25, 0.3) is 11.0 Å². The number of benzene rings is 1. The van der Waals surface area contributed by atoms with Crippen molar-refractivity contribution in [2.45, 2.75) is 12.8 Å². The summed E-state index contributed by atoms with van der Waals surface area (Å²) in [7, 11) is 1.44. The van der Waals surface area contributed by atoms with Crippen LogP contribution in [0.3, 0.4) is 0 Å². The molecule has 0 radical (unpaired) electrons. The zero-order chi connectivity index (χ0) is 16.1. The fraction of sp³-hybridized carbons (Fsp3) is 0.471. The molecule has 6 nitrogen and oxygen atoms in total. The Morgan fingerprint density at radius 1 is 1.17 bits per heavy atom. The number of piperazine rings is 1. The van der Waals surface area contributed by atoms with E-state index in [1.165, 1.54) is 7.11 Å². The number of carbonyl (C=O) groups is 1. The Bertz CT molecular complexity index is 668. The summed E-state index contributed by atoms with van der Waals surface area (Å²) in [4.78, 5) is 25.0. The van der Waals surface area contributed by atoms with Crippen LogP contribution in [0.2, 0.25) is 0 Å². The molecular formula is C17H22N4O2. The lowest BCUT2D eigenvalue weighted by Crippen LogP contribution is -2.47. The molecule has 122 valence electrons. The van der Waals surface area contributed by atoms with E-state index in [-0.39, 0.29) is 5.97 Å². The van der Waals surface area contributed by atoms with Crippen LogP contribution in [0.5, 0.6) is 0 Å². The molecule has 1 fully saturated rings. The van der Waals surface area contributed by atoms with Gasteiger partial charge in [-0.05, 0) is 25.1 Å². The highest BCUT2D eigenvalue weighted by Crippen LogP contribution is 2.17. The summed E-state index contributed by atoms with van der Waals surface area (Å²) in [5.74, 6) is 0.813. The fourth-order valence-electron chi connectivity index (χ4n) is 2.85. The van der Waals surface area contributed by atoms with Crippen LogP contribution in [0.4, 0.5) is 5.82 Å². The van der Waals surface area contributed by atoms with E-state index >= 15 is 0 Å². The number of anilines is 1. The number of esters is 1. The predicted molar refractivity (Wildman–Crippen MR) is 89.4 cm³/mol. The van der Waals surface area contributed by atoms with Crippen LogP contribution in [-0.4, -0.2) is 60.7 Å². The Labute approximate surface area is 136 Å². The lowest BCUT2D eigenvalue weighted by molar-refractivity contribution is -0.140. The van der Waals surface area contributed by atoms with Gasteiger partial charge in [-0.2, -0.15) is 0 Å². The van der Waals surface area contributed by atoms with Gasteiger partial charge in [-0.3, -0.25) is 14.7 Å². The molecule has 1 aromatic heterocycles. The van der Waals surface area contributed by atoms with Crippen molar-refractivity contribution in [3.05, 3.63) is 30.5 Å². The van der Waals surface area contributed by atoms with Gasteiger partial charge < -0.3 is 9.64 Å². The number of para-hydroxylation sites is 2. The van der Waals surface area contributed by atoms with E-state index in [1.807, 2.05) is 30.5 Å². The monoisotopic (exact) mass is 314 g/mol. The van der Waals surface area contributed by atoms with Crippen molar-refractivity contribution in [2.75, 3.05) is 44.7 Å². The van der Waals surface area contributed by atoms with E-state index < -0.39 is 0 Å². The molecule has 1 aliphatic rings. The minimum Gasteiger partial charge on any atom is -0.469 e. The molecule has 23 heavy (non-hydrogen) atoms. The van der Waals surface area contributed by atoms with E-state index in [4.69, 9.17) is 4.98 Å². The molecule has 0 aliphatic carbocycles. The minimum atomic E-state index is -0.130. The van der Waals surface area contributed by atoms with Gasteiger partial charge in [0, 0.05) is 32.6 Å². The Morgan fingerprint density at radius 3 is 2.65 bits per heavy atom. The summed E-state index contributed by atoms with van der Waals surface area (Å²) in [6, 6.07) is 7.93. The molecule has 0 unspecified atom stereocenters. The molecule has 0 N–H and O–H groups in total. The van der Waals surface area contributed by atoms with Crippen molar-refractivity contribution in [3.8, 4) is 0 Å². The smallest absolute Gasteiger partial charge is 0.305 e. The highest BCUT2D eigenvalue weighted by Gasteiger charge is 2.18. The van der Waals surface area contributed by atoms with Gasteiger partial charge in [0.25, 0.3) is 0 Å². The Hall–Kier alpha value is -2.21. The second-order valence-corrected chi connectivity index (χ2v) is 5.73. The van der Waals surface area contributed by atoms with Gasteiger partial charge in [0.15, 0.2) is 0 Å². The summed E-state index contributed by atoms with van der Waals surface area (Å²) in [5, 5.41) is 0. The van der Waals surface area contributed by atoms with Crippen molar-refractivity contribution in [1.29, 1.82) is 0 Å². The fourth-order valence-corrected chi connectivity index (χ4v) is 2.85. The molecule has 1 aliphatic heterocycles. The number of hydrogen-bond acceptors (Lipinski definition) is 6. The first-order valence-corrected chi connectivity index (χ1v) is 8.02. The van der Waals surface area contributed by atoms with Gasteiger partial charge in [-0.1, -0.05) is 12.1 Å². The number of hydrogen-bond donors (Lipinski definition) is 0. The Balaban J connectivity index is 1.52. The van der Waals surface area contributed by atoms with Gasteiger partial charge in [-0.25, -0.2) is 4.98 Å². The molecular weight excluding hydrogens is 292 g/mol. The van der Waals surface area contributed by atoms with Crippen LogP contribution in [0.15, 0.2) is 30.5 Å². The molecule has 6 heteroatoms. The number of fused-ring (bicyclic) bond motifs is 1. The summed E-state index contributed by atoms with van der Waals surface area (Å²) in [5.41, 5.74) is 1.86. The third-order valence-electron chi connectivity index (χ3n) is 4.22. The molecule has 0 bridgehead atoms. The normalized spacial score (nSPS) is 15.8. The van der Waals surface area contributed by atoms with Crippen LogP contribution >= 0.6 is 0 Å². The number of ether oxygens (including phenoxy) is 1. The molecule has 0 amide bonds. The zero-order valence-corrected chi connectivity index (χ0v) is 13.4. The van der Waals surface area contributed by atoms with Gasteiger partial charge in [0.2, 0.25) is 0 Å². The molecule has 0 atom stereocenters. The molecule has 0 spiro atoms. The van der Waals surface area contributed by atoms with E-state index in [1.54, 1.807) is 0 Å². The topological polar surface area (TPSA) is 58.6 Å². The van der Waals surface area contributed by atoms with Crippen LogP contribution in [0, 0.1) is 0 Å². The number of aromatic nitrogens is 2. The summed E-state index contributed by atoms with van der Waals surface area (Å²) < 4.78 is 4.67. The first-order valence-electron chi connectivity index (χ1n) is 8.02. The number of rotatable bonds is 5. The summed E-state index contributed by atoms with van der Waals surface area (Å²) >= 11 is 0. The maximum absolute atomic E-state index is 11.1. The number of methoxy groups -OCH3 is 1. The summed E-state index contributed by atoms with van der Waals surface area (Å²) in [6.07, 6.45) is 3.20. The van der Waals surface area contributed by atoms with E-state index in [2.05, 4.69) is 19.5 Å². The Morgan fingerprint density at radius 2 is 1.91 bits per heavy atom. The maximum atomic E-state index is 11.1. The van der Waals surface area contributed by atoms with E-state index in [0.717, 1.165) is 56.0 Å². The van der Waals surface area contributed by atoms with Crippen molar-refractivity contribution < 1.29 is 9.53 Å². The number of nitrogens with zero attached hydrogens (tertiary/aromatic N) is 4. The van der Waals surface area contributed by atoms with Crippen LogP contribution in [-0.2, 0) is 9.53 Å². The van der Waals surface area contributed by atoms with Gasteiger partial charge in [0.05, 0.1) is 24.3 Å². The highest BCUT2D eigenvalue weighted by atomic mass is 16.5. The van der Waals surface area contributed by atoms with Crippen LogP contribution < -0.4 is 4.90 Å². The second kappa shape index (κ2) is 7.37.